The number of benzene rings is 1. The molecule has 0 radical (unpaired) electrons. The summed E-state index contributed by atoms with van der Waals surface area (Å²) in [6.45, 7) is 0.638. The van der Waals surface area contributed by atoms with Gasteiger partial charge in [-0.3, -0.25) is 4.79 Å². The van der Waals surface area contributed by atoms with Gasteiger partial charge in [0.2, 0.25) is 0 Å². The smallest absolute Gasteiger partial charge is 0.269 e. The molecule has 0 spiro atoms. The predicted molar refractivity (Wildman–Crippen MR) is 86.9 cm³/mol. The summed E-state index contributed by atoms with van der Waals surface area (Å²) in [5, 5.41) is 11.6. The maximum absolute atomic E-state index is 11.0. The number of nitrogens with one attached hydrogen (secondary N) is 1. The van der Waals surface area contributed by atoms with Gasteiger partial charge in [0.1, 0.15) is 5.82 Å². The number of hydrogen-bond donors (Lipinski definition) is 2. The molecule has 0 aliphatic carbocycles. The van der Waals surface area contributed by atoms with E-state index in [1.165, 1.54) is 0 Å². The third kappa shape index (κ3) is 4.16. The largest absolute Gasteiger partial charge is 0.367 e. The lowest BCUT2D eigenvalue weighted by molar-refractivity contribution is 0.0994. The first-order valence-corrected chi connectivity index (χ1v) is 7.14. The van der Waals surface area contributed by atoms with E-state index in [0.29, 0.717) is 17.4 Å². The molecular formula is C15H18ClN5O. The van der Waals surface area contributed by atoms with Gasteiger partial charge in [-0.1, -0.05) is 23.7 Å². The number of amides is 1. The van der Waals surface area contributed by atoms with Crippen LogP contribution < -0.4 is 11.1 Å². The zero-order valence-corrected chi connectivity index (χ0v) is 13.2. The monoisotopic (exact) mass is 319 g/mol. The van der Waals surface area contributed by atoms with Gasteiger partial charge in [0.05, 0.1) is 6.04 Å². The number of carbonyl (C=O) groups excluding carboxylic acids is 1. The normalized spacial score (nSPS) is 12.2. The zero-order valence-electron chi connectivity index (χ0n) is 12.5. The minimum atomic E-state index is -0.591. The van der Waals surface area contributed by atoms with Crippen LogP contribution in [0.3, 0.4) is 0 Å². The van der Waals surface area contributed by atoms with Crippen molar-refractivity contribution in [2.24, 2.45) is 5.73 Å². The maximum Gasteiger partial charge on any atom is 0.269 e. The summed E-state index contributed by atoms with van der Waals surface area (Å²) in [5.41, 5.74) is 6.42. The van der Waals surface area contributed by atoms with Crippen LogP contribution >= 0.6 is 11.6 Å². The number of nitrogens with zero attached hydrogens (tertiary/aromatic N) is 3. The molecule has 0 saturated carbocycles. The summed E-state index contributed by atoms with van der Waals surface area (Å²) in [6.07, 6.45) is 0. The van der Waals surface area contributed by atoms with Crippen molar-refractivity contribution in [2.45, 2.75) is 6.04 Å². The zero-order chi connectivity index (χ0) is 16.1. The average Bonchev–Trinajstić information content (AvgIpc) is 2.49. The van der Waals surface area contributed by atoms with Crippen LogP contribution in [0.5, 0.6) is 0 Å². The Bertz CT molecular complexity index is 627. The van der Waals surface area contributed by atoms with Crippen LogP contribution in [0.15, 0.2) is 36.4 Å². The van der Waals surface area contributed by atoms with Crippen LogP contribution in [0.25, 0.3) is 0 Å². The van der Waals surface area contributed by atoms with Crippen molar-refractivity contribution in [3.8, 4) is 0 Å². The first-order valence-electron chi connectivity index (χ1n) is 6.76. The van der Waals surface area contributed by atoms with Crippen molar-refractivity contribution in [1.29, 1.82) is 0 Å². The van der Waals surface area contributed by atoms with E-state index in [0.717, 1.165) is 5.56 Å². The van der Waals surface area contributed by atoms with Crippen molar-refractivity contribution in [3.63, 3.8) is 0 Å². The maximum atomic E-state index is 11.0. The summed E-state index contributed by atoms with van der Waals surface area (Å²) in [6, 6.07) is 11.1. The Labute approximate surface area is 134 Å². The van der Waals surface area contributed by atoms with E-state index >= 15 is 0 Å². The SMILES string of the molecule is CN(C)C(CNc1ccc(C(N)=O)nn1)c1ccc(Cl)cc1. The molecule has 116 valence electrons. The molecule has 1 heterocycles. The number of anilines is 1. The van der Waals surface area contributed by atoms with E-state index in [9.17, 15) is 4.79 Å². The topological polar surface area (TPSA) is 84.1 Å². The minimum absolute atomic E-state index is 0.146. The summed E-state index contributed by atoms with van der Waals surface area (Å²) in [5.74, 6) is -0.00260. The predicted octanol–water partition coefficient (Wildman–Crippen LogP) is 1.94. The van der Waals surface area contributed by atoms with E-state index < -0.39 is 5.91 Å². The highest BCUT2D eigenvalue weighted by atomic mass is 35.5. The number of rotatable bonds is 6. The van der Waals surface area contributed by atoms with Crippen LogP contribution in [0.4, 0.5) is 5.82 Å². The molecule has 6 nitrogen and oxygen atoms in total. The molecule has 1 atom stereocenters. The first kappa shape index (κ1) is 16.2. The molecule has 0 bridgehead atoms. The molecule has 0 aliphatic heterocycles. The van der Waals surface area contributed by atoms with E-state index in [2.05, 4.69) is 20.4 Å². The van der Waals surface area contributed by atoms with Crippen molar-refractivity contribution in [3.05, 3.63) is 52.7 Å². The molecule has 1 aromatic carbocycles. The van der Waals surface area contributed by atoms with Gasteiger partial charge in [0, 0.05) is 11.6 Å². The van der Waals surface area contributed by atoms with Crippen molar-refractivity contribution < 1.29 is 4.79 Å². The molecule has 1 amide bonds. The molecule has 1 unspecified atom stereocenters. The Morgan fingerprint density at radius 3 is 2.41 bits per heavy atom. The summed E-state index contributed by atoms with van der Waals surface area (Å²) < 4.78 is 0. The average molecular weight is 320 g/mol. The van der Waals surface area contributed by atoms with Crippen molar-refractivity contribution in [1.82, 2.24) is 15.1 Å². The van der Waals surface area contributed by atoms with Crippen LogP contribution in [0, 0.1) is 0 Å². The first-order chi connectivity index (χ1) is 10.5. The number of hydrogen-bond acceptors (Lipinski definition) is 5. The third-order valence-corrected chi connectivity index (χ3v) is 3.52. The fourth-order valence-corrected chi connectivity index (χ4v) is 2.17. The molecule has 1 aromatic heterocycles. The highest BCUT2D eigenvalue weighted by molar-refractivity contribution is 6.30. The Balaban J connectivity index is 2.05. The summed E-state index contributed by atoms with van der Waals surface area (Å²) >= 11 is 5.92. The lowest BCUT2D eigenvalue weighted by atomic mass is 10.1. The van der Waals surface area contributed by atoms with E-state index in [1.807, 2.05) is 38.4 Å². The van der Waals surface area contributed by atoms with Gasteiger partial charge in [-0.25, -0.2) is 0 Å². The second-order valence-electron chi connectivity index (χ2n) is 5.08. The number of halogens is 1. The van der Waals surface area contributed by atoms with Gasteiger partial charge in [-0.2, -0.15) is 0 Å². The van der Waals surface area contributed by atoms with Crippen LogP contribution in [-0.4, -0.2) is 41.6 Å². The fraction of sp³-hybridized carbons (Fsp3) is 0.267. The van der Waals surface area contributed by atoms with Crippen LogP contribution in [0.2, 0.25) is 5.02 Å². The van der Waals surface area contributed by atoms with Gasteiger partial charge < -0.3 is 16.0 Å². The minimum Gasteiger partial charge on any atom is -0.367 e. The van der Waals surface area contributed by atoms with Gasteiger partial charge in [-0.15, -0.1) is 10.2 Å². The number of aromatic nitrogens is 2. The third-order valence-electron chi connectivity index (χ3n) is 3.27. The molecule has 3 N–H and O–H groups in total. The number of carbonyl (C=O) groups is 1. The van der Waals surface area contributed by atoms with Gasteiger partial charge >= 0.3 is 0 Å². The summed E-state index contributed by atoms with van der Waals surface area (Å²) in [4.78, 5) is 13.1. The van der Waals surface area contributed by atoms with Crippen molar-refractivity contribution >= 4 is 23.3 Å². The number of nitrogens with two attached hydrogens (primary N) is 1. The van der Waals surface area contributed by atoms with E-state index in [1.54, 1.807) is 12.1 Å². The standard InChI is InChI=1S/C15H18ClN5O/c1-21(2)13(10-3-5-11(16)6-4-10)9-18-14-8-7-12(15(17)22)19-20-14/h3-8,13H,9H2,1-2H3,(H2,17,22)(H,18,20). The molecule has 2 rings (SSSR count). The highest BCUT2D eigenvalue weighted by Gasteiger charge is 2.14. The molecule has 2 aromatic rings. The molecule has 22 heavy (non-hydrogen) atoms. The molecule has 0 fully saturated rings. The number of likely N-dealkylation sites (N-methyl/N-ethyl adjacent to an activating group) is 1. The Hall–Kier alpha value is -2.18. The Kier molecular flexibility index (Phi) is 5.30. The molecule has 0 saturated heterocycles. The van der Waals surface area contributed by atoms with E-state index in [-0.39, 0.29) is 11.7 Å². The Morgan fingerprint density at radius 2 is 1.91 bits per heavy atom. The fourth-order valence-electron chi connectivity index (χ4n) is 2.04. The molecule has 0 aliphatic rings. The van der Waals surface area contributed by atoms with Gasteiger partial charge in [0.15, 0.2) is 5.69 Å². The lowest BCUT2D eigenvalue weighted by Crippen LogP contribution is -2.27. The summed E-state index contributed by atoms with van der Waals surface area (Å²) in [7, 11) is 4.01. The van der Waals surface area contributed by atoms with Gasteiger partial charge in [-0.05, 0) is 43.9 Å². The van der Waals surface area contributed by atoms with Crippen LogP contribution in [-0.2, 0) is 0 Å². The van der Waals surface area contributed by atoms with Crippen LogP contribution in [0.1, 0.15) is 22.1 Å². The lowest BCUT2D eigenvalue weighted by Gasteiger charge is -2.25. The quantitative estimate of drug-likeness (QED) is 0.850. The van der Waals surface area contributed by atoms with Gasteiger partial charge in [0.25, 0.3) is 5.91 Å². The second kappa shape index (κ2) is 7.20. The Morgan fingerprint density at radius 1 is 1.23 bits per heavy atom. The molecule has 7 heteroatoms. The van der Waals surface area contributed by atoms with E-state index in [4.69, 9.17) is 17.3 Å². The second-order valence-corrected chi connectivity index (χ2v) is 5.52. The molecular weight excluding hydrogens is 302 g/mol. The van der Waals surface area contributed by atoms with Crippen molar-refractivity contribution in [2.75, 3.05) is 26.0 Å². The highest BCUT2D eigenvalue weighted by Crippen LogP contribution is 2.20. The number of primary amides is 1.